The van der Waals surface area contributed by atoms with Crippen LogP contribution in [-0.4, -0.2) is 9.55 Å². The second-order valence-electron chi connectivity index (χ2n) is 6.40. The van der Waals surface area contributed by atoms with Gasteiger partial charge in [0.15, 0.2) is 4.80 Å². The van der Waals surface area contributed by atoms with Crippen LogP contribution >= 0.6 is 22.7 Å². The second kappa shape index (κ2) is 7.03. The van der Waals surface area contributed by atoms with E-state index in [4.69, 9.17) is 4.99 Å². The minimum absolute atomic E-state index is 0.539. The van der Waals surface area contributed by atoms with Crippen molar-refractivity contribution in [2.24, 2.45) is 10.9 Å². The SMILES string of the molecule is CC1CCCCC1n1c(-c2cccs2)csc1=Nc1cccnc1. The van der Waals surface area contributed by atoms with Gasteiger partial charge in [0, 0.05) is 17.6 Å². The molecule has 0 N–H and O–H groups in total. The van der Waals surface area contributed by atoms with E-state index < -0.39 is 0 Å². The molecule has 4 rings (SSSR count). The molecule has 24 heavy (non-hydrogen) atoms. The summed E-state index contributed by atoms with van der Waals surface area (Å²) >= 11 is 3.55. The normalized spacial score (nSPS) is 22.0. The summed E-state index contributed by atoms with van der Waals surface area (Å²) in [6, 6.07) is 8.85. The number of rotatable bonds is 3. The van der Waals surface area contributed by atoms with Gasteiger partial charge in [-0.25, -0.2) is 4.99 Å². The number of thiophene rings is 1. The maximum absolute atomic E-state index is 4.90. The van der Waals surface area contributed by atoms with Crippen LogP contribution in [0, 0.1) is 5.92 Å². The highest BCUT2D eigenvalue weighted by atomic mass is 32.1. The van der Waals surface area contributed by atoms with Gasteiger partial charge in [-0.1, -0.05) is 25.8 Å². The fraction of sp³-hybridized carbons (Fsp3) is 0.368. The highest BCUT2D eigenvalue weighted by Gasteiger charge is 2.26. The van der Waals surface area contributed by atoms with Crippen molar-refractivity contribution in [1.29, 1.82) is 0 Å². The van der Waals surface area contributed by atoms with E-state index in [9.17, 15) is 0 Å². The van der Waals surface area contributed by atoms with E-state index in [1.54, 1.807) is 28.9 Å². The molecule has 0 radical (unpaired) electrons. The van der Waals surface area contributed by atoms with Gasteiger partial charge in [-0.05, 0) is 42.3 Å². The van der Waals surface area contributed by atoms with Crippen LogP contribution < -0.4 is 4.80 Å². The molecule has 5 heteroatoms. The number of hydrogen-bond acceptors (Lipinski definition) is 4. The van der Waals surface area contributed by atoms with Gasteiger partial charge in [0.1, 0.15) is 0 Å². The van der Waals surface area contributed by atoms with Crippen molar-refractivity contribution in [3.05, 3.63) is 52.2 Å². The molecular formula is C19H21N3S2. The minimum atomic E-state index is 0.539. The Kier molecular flexibility index (Phi) is 4.63. The van der Waals surface area contributed by atoms with Gasteiger partial charge in [0.05, 0.1) is 22.5 Å². The van der Waals surface area contributed by atoms with E-state index in [1.165, 1.54) is 36.3 Å². The van der Waals surface area contributed by atoms with Crippen LogP contribution in [0.1, 0.15) is 38.6 Å². The van der Waals surface area contributed by atoms with Crippen LogP contribution in [0.15, 0.2) is 52.4 Å². The monoisotopic (exact) mass is 355 g/mol. The minimum Gasteiger partial charge on any atom is -0.312 e. The number of pyridine rings is 1. The average molecular weight is 356 g/mol. The van der Waals surface area contributed by atoms with Crippen molar-refractivity contribution >= 4 is 28.4 Å². The van der Waals surface area contributed by atoms with Crippen molar-refractivity contribution in [3.8, 4) is 10.6 Å². The molecular weight excluding hydrogens is 334 g/mol. The van der Waals surface area contributed by atoms with Crippen molar-refractivity contribution in [2.45, 2.75) is 38.6 Å². The third-order valence-electron chi connectivity index (χ3n) is 4.78. The number of nitrogens with zero attached hydrogens (tertiary/aromatic N) is 3. The Balaban J connectivity index is 1.87. The van der Waals surface area contributed by atoms with Crippen molar-refractivity contribution < 1.29 is 0 Å². The first-order chi connectivity index (χ1) is 11.8. The molecule has 1 fully saturated rings. The van der Waals surface area contributed by atoms with Gasteiger partial charge in [-0.2, -0.15) is 0 Å². The van der Waals surface area contributed by atoms with E-state index in [0.717, 1.165) is 10.5 Å². The van der Waals surface area contributed by atoms with Crippen molar-refractivity contribution in [3.63, 3.8) is 0 Å². The standard InChI is InChI=1S/C19H21N3S2/c1-14-6-2-3-8-16(14)22-17(18-9-5-11-23-18)13-24-19(22)21-15-7-4-10-20-12-15/h4-5,7,9-14,16H,2-3,6,8H2,1H3. The molecule has 0 spiro atoms. The fourth-order valence-corrected chi connectivity index (χ4v) is 5.31. The predicted molar refractivity (Wildman–Crippen MR) is 102 cm³/mol. The molecule has 3 heterocycles. The molecule has 124 valence electrons. The van der Waals surface area contributed by atoms with E-state index in [1.807, 2.05) is 18.3 Å². The Morgan fingerprint density at radius 2 is 2.08 bits per heavy atom. The highest BCUT2D eigenvalue weighted by molar-refractivity contribution is 7.14. The summed E-state index contributed by atoms with van der Waals surface area (Å²) in [6.45, 7) is 2.39. The van der Waals surface area contributed by atoms with Gasteiger partial charge >= 0.3 is 0 Å². The molecule has 0 aromatic carbocycles. The maximum atomic E-state index is 4.90. The van der Waals surface area contributed by atoms with Gasteiger partial charge in [0.2, 0.25) is 0 Å². The maximum Gasteiger partial charge on any atom is 0.190 e. The van der Waals surface area contributed by atoms with Crippen LogP contribution in [-0.2, 0) is 0 Å². The van der Waals surface area contributed by atoms with Gasteiger partial charge in [0.25, 0.3) is 0 Å². The average Bonchev–Trinajstić information content (AvgIpc) is 3.26. The van der Waals surface area contributed by atoms with E-state index in [2.05, 4.69) is 39.4 Å². The molecule has 3 nitrogen and oxygen atoms in total. The molecule has 0 aliphatic heterocycles. The first-order valence-electron chi connectivity index (χ1n) is 8.51. The summed E-state index contributed by atoms with van der Waals surface area (Å²) in [5.41, 5.74) is 2.24. The second-order valence-corrected chi connectivity index (χ2v) is 8.19. The van der Waals surface area contributed by atoms with E-state index >= 15 is 0 Å². The lowest BCUT2D eigenvalue weighted by Crippen LogP contribution is -2.28. The lowest BCUT2D eigenvalue weighted by molar-refractivity contribution is 0.256. The summed E-state index contributed by atoms with van der Waals surface area (Å²) in [4.78, 5) is 11.5. The summed E-state index contributed by atoms with van der Waals surface area (Å²) in [6.07, 6.45) is 8.85. The van der Waals surface area contributed by atoms with Crippen LogP contribution in [0.5, 0.6) is 0 Å². The van der Waals surface area contributed by atoms with Crippen molar-refractivity contribution in [1.82, 2.24) is 9.55 Å². The Bertz CT molecular complexity index is 846. The van der Waals surface area contributed by atoms with E-state index in [0.29, 0.717) is 12.0 Å². The van der Waals surface area contributed by atoms with E-state index in [-0.39, 0.29) is 0 Å². The summed E-state index contributed by atoms with van der Waals surface area (Å²) in [5, 5.41) is 4.42. The van der Waals surface area contributed by atoms with Gasteiger partial charge in [-0.3, -0.25) is 4.98 Å². The molecule has 1 aliphatic carbocycles. The van der Waals surface area contributed by atoms with Gasteiger partial charge in [-0.15, -0.1) is 22.7 Å². The lowest BCUT2D eigenvalue weighted by atomic mass is 9.85. The third-order valence-corrected chi connectivity index (χ3v) is 6.52. The summed E-state index contributed by atoms with van der Waals surface area (Å²) < 4.78 is 2.49. The van der Waals surface area contributed by atoms with Crippen LogP contribution in [0.3, 0.4) is 0 Å². The summed E-state index contributed by atoms with van der Waals surface area (Å²) in [7, 11) is 0. The molecule has 0 saturated heterocycles. The zero-order valence-corrected chi connectivity index (χ0v) is 15.4. The molecule has 1 aliphatic rings. The molecule has 0 amide bonds. The molecule has 3 aromatic heterocycles. The smallest absolute Gasteiger partial charge is 0.190 e. The van der Waals surface area contributed by atoms with Crippen LogP contribution in [0.25, 0.3) is 10.6 Å². The fourth-order valence-electron chi connectivity index (χ4n) is 3.54. The zero-order chi connectivity index (χ0) is 16.4. The largest absolute Gasteiger partial charge is 0.312 e. The lowest BCUT2D eigenvalue weighted by Gasteiger charge is -2.31. The molecule has 2 atom stereocenters. The Hall–Kier alpha value is -1.72. The summed E-state index contributed by atoms with van der Waals surface area (Å²) in [5.74, 6) is 0.694. The Morgan fingerprint density at radius 1 is 1.17 bits per heavy atom. The highest BCUT2D eigenvalue weighted by Crippen LogP contribution is 2.37. The quantitative estimate of drug-likeness (QED) is 0.596. The molecule has 2 unspecified atom stereocenters. The topological polar surface area (TPSA) is 30.2 Å². The molecule has 1 saturated carbocycles. The molecule has 0 bridgehead atoms. The number of thiazole rings is 1. The zero-order valence-electron chi connectivity index (χ0n) is 13.8. The van der Waals surface area contributed by atoms with Crippen LogP contribution in [0.2, 0.25) is 0 Å². The first kappa shape index (κ1) is 15.8. The number of aromatic nitrogens is 2. The number of hydrogen-bond donors (Lipinski definition) is 0. The Labute approximate surface area is 150 Å². The third kappa shape index (κ3) is 3.10. The van der Waals surface area contributed by atoms with Gasteiger partial charge < -0.3 is 4.57 Å². The Morgan fingerprint density at radius 3 is 2.83 bits per heavy atom. The van der Waals surface area contributed by atoms with Crippen molar-refractivity contribution in [2.75, 3.05) is 0 Å². The first-order valence-corrected chi connectivity index (χ1v) is 10.3. The molecule has 3 aromatic rings. The predicted octanol–water partition coefficient (Wildman–Crippen LogP) is 5.66. The van der Waals surface area contributed by atoms with Crippen LogP contribution in [0.4, 0.5) is 5.69 Å².